The van der Waals surface area contributed by atoms with Gasteiger partial charge in [-0.15, -0.1) is 0 Å². The van der Waals surface area contributed by atoms with Crippen LogP contribution in [-0.4, -0.2) is 48.0 Å². The third kappa shape index (κ3) is 3.14. The molecule has 2 atom stereocenters. The summed E-state index contributed by atoms with van der Waals surface area (Å²) in [4.78, 5) is 7.18. The van der Waals surface area contributed by atoms with Crippen LogP contribution in [0.25, 0.3) is 0 Å². The van der Waals surface area contributed by atoms with E-state index in [9.17, 15) is 0 Å². The Hall–Kier alpha value is -0.220. The van der Waals surface area contributed by atoms with Crippen molar-refractivity contribution in [1.82, 2.24) is 10.2 Å². The second-order valence-electron chi connectivity index (χ2n) is 4.81. The first-order chi connectivity index (χ1) is 7.79. The van der Waals surface area contributed by atoms with E-state index < -0.39 is 0 Å². The van der Waals surface area contributed by atoms with Crippen LogP contribution < -0.4 is 5.32 Å². The Bertz CT molecular complexity index is 255. The molecule has 2 unspecified atom stereocenters. The van der Waals surface area contributed by atoms with E-state index in [0.717, 1.165) is 6.54 Å². The van der Waals surface area contributed by atoms with Gasteiger partial charge in [0.2, 0.25) is 0 Å². The van der Waals surface area contributed by atoms with Gasteiger partial charge in [-0.3, -0.25) is 4.99 Å². The molecule has 0 radical (unpaired) electrons. The lowest BCUT2D eigenvalue weighted by Crippen LogP contribution is -2.38. The van der Waals surface area contributed by atoms with E-state index in [1.807, 2.05) is 11.8 Å². The second-order valence-corrected chi connectivity index (χ2v) is 5.89. The third-order valence-corrected chi connectivity index (χ3v) is 4.60. The van der Waals surface area contributed by atoms with Gasteiger partial charge in [-0.25, -0.2) is 0 Å². The second kappa shape index (κ2) is 5.92. The average Bonchev–Trinajstić information content (AvgIpc) is 2.72. The van der Waals surface area contributed by atoms with Gasteiger partial charge in [-0.1, -0.05) is 18.7 Å². The molecule has 0 aromatic rings. The molecule has 2 aliphatic heterocycles. The minimum Gasteiger partial charge on any atom is -0.362 e. The Morgan fingerprint density at radius 1 is 1.50 bits per heavy atom. The van der Waals surface area contributed by atoms with E-state index in [-0.39, 0.29) is 0 Å². The van der Waals surface area contributed by atoms with Gasteiger partial charge < -0.3 is 10.2 Å². The van der Waals surface area contributed by atoms with E-state index >= 15 is 0 Å². The number of nitrogens with one attached hydrogen (secondary N) is 1. The van der Waals surface area contributed by atoms with Crippen molar-refractivity contribution in [3.63, 3.8) is 0 Å². The highest BCUT2D eigenvalue weighted by Gasteiger charge is 2.21. The van der Waals surface area contributed by atoms with Crippen LogP contribution in [0, 0.1) is 0 Å². The molecule has 0 spiro atoms. The van der Waals surface area contributed by atoms with Crippen molar-refractivity contribution in [3.8, 4) is 0 Å². The summed E-state index contributed by atoms with van der Waals surface area (Å²) in [6.45, 7) is 4.46. The summed E-state index contributed by atoms with van der Waals surface area (Å²) in [6, 6.07) is 1.33. The minimum absolute atomic E-state index is 0.654. The van der Waals surface area contributed by atoms with Gasteiger partial charge >= 0.3 is 0 Å². The number of likely N-dealkylation sites (N-methyl/N-ethyl adjacent to an activating group) is 1. The van der Waals surface area contributed by atoms with Gasteiger partial charge in [0.15, 0.2) is 5.17 Å². The maximum Gasteiger partial charge on any atom is 0.156 e. The highest BCUT2D eigenvalue weighted by Crippen LogP contribution is 2.18. The molecule has 2 heterocycles. The molecule has 4 heteroatoms. The fraction of sp³-hybridized carbons (Fsp3) is 0.917. The zero-order valence-electron chi connectivity index (χ0n) is 10.4. The van der Waals surface area contributed by atoms with Crippen LogP contribution in [0.4, 0.5) is 0 Å². The molecule has 2 aliphatic rings. The summed E-state index contributed by atoms with van der Waals surface area (Å²) in [6.07, 6.45) is 5.14. The summed E-state index contributed by atoms with van der Waals surface area (Å²) < 4.78 is 0. The maximum absolute atomic E-state index is 4.74. The molecule has 0 aromatic carbocycles. The summed E-state index contributed by atoms with van der Waals surface area (Å²) in [5, 5.41) is 4.72. The fourth-order valence-corrected chi connectivity index (χ4v) is 3.39. The SMILES string of the molecule is CCC1CCSC(=NCC2CCCN2C)N1. The first-order valence-corrected chi connectivity index (χ1v) is 7.42. The number of amidine groups is 1. The molecular formula is C12H23N3S. The Labute approximate surface area is 103 Å². The minimum atomic E-state index is 0.654. The standard InChI is InChI=1S/C12H23N3S/c1-3-10-6-8-16-12(14-10)13-9-11-5-4-7-15(11)2/h10-11H,3-9H2,1-2H3,(H,13,14). The van der Waals surface area contributed by atoms with Crippen molar-refractivity contribution in [2.24, 2.45) is 4.99 Å². The average molecular weight is 241 g/mol. The zero-order valence-corrected chi connectivity index (χ0v) is 11.2. The van der Waals surface area contributed by atoms with Crippen molar-refractivity contribution in [2.45, 2.75) is 44.7 Å². The summed E-state index contributed by atoms with van der Waals surface area (Å²) in [5.74, 6) is 1.23. The monoisotopic (exact) mass is 241 g/mol. The molecule has 2 rings (SSSR count). The van der Waals surface area contributed by atoms with Crippen LogP contribution in [0.2, 0.25) is 0 Å². The largest absolute Gasteiger partial charge is 0.362 e. The highest BCUT2D eigenvalue weighted by atomic mass is 32.2. The van der Waals surface area contributed by atoms with E-state index in [2.05, 4.69) is 24.2 Å². The number of hydrogen-bond donors (Lipinski definition) is 1. The van der Waals surface area contributed by atoms with Crippen LogP contribution in [-0.2, 0) is 0 Å². The molecular weight excluding hydrogens is 218 g/mol. The molecule has 0 saturated carbocycles. The predicted molar refractivity (Wildman–Crippen MR) is 72.2 cm³/mol. The van der Waals surface area contributed by atoms with Crippen molar-refractivity contribution in [1.29, 1.82) is 0 Å². The van der Waals surface area contributed by atoms with Gasteiger partial charge in [-0.2, -0.15) is 0 Å². The number of thioether (sulfide) groups is 1. The number of nitrogens with zero attached hydrogens (tertiary/aromatic N) is 2. The van der Waals surface area contributed by atoms with Crippen LogP contribution >= 0.6 is 11.8 Å². The summed E-state index contributed by atoms with van der Waals surface area (Å²) in [7, 11) is 2.22. The number of hydrogen-bond acceptors (Lipinski definition) is 3. The lowest BCUT2D eigenvalue weighted by Gasteiger charge is -2.25. The Balaban J connectivity index is 1.82. The van der Waals surface area contributed by atoms with E-state index in [1.165, 1.54) is 43.1 Å². The molecule has 0 amide bonds. The van der Waals surface area contributed by atoms with Crippen LogP contribution in [0.5, 0.6) is 0 Å². The van der Waals surface area contributed by atoms with Crippen molar-refractivity contribution in [2.75, 3.05) is 25.9 Å². The van der Waals surface area contributed by atoms with E-state index in [4.69, 9.17) is 4.99 Å². The quantitative estimate of drug-likeness (QED) is 0.818. The Morgan fingerprint density at radius 2 is 2.38 bits per heavy atom. The van der Waals surface area contributed by atoms with Gasteiger partial charge in [0.05, 0.1) is 6.54 Å². The van der Waals surface area contributed by atoms with Crippen molar-refractivity contribution in [3.05, 3.63) is 0 Å². The first-order valence-electron chi connectivity index (χ1n) is 6.43. The van der Waals surface area contributed by atoms with Crippen molar-refractivity contribution < 1.29 is 0 Å². The third-order valence-electron chi connectivity index (χ3n) is 3.64. The smallest absolute Gasteiger partial charge is 0.156 e. The van der Waals surface area contributed by atoms with Crippen molar-refractivity contribution >= 4 is 16.9 Å². The fourth-order valence-electron chi connectivity index (χ4n) is 2.38. The zero-order chi connectivity index (χ0) is 11.4. The Kier molecular flexibility index (Phi) is 4.53. The lowest BCUT2D eigenvalue weighted by atomic mass is 10.2. The normalized spacial score (nSPS) is 34.2. The first kappa shape index (κ1) is 12.2. The number of rotatable bonds is 3. The highest BCUT2D eigenvalue weighted by molar-refractivity contribution is 8.13. The van der Waals surface area contributed by atoms with Gasteiger partial charge in [-0.05, 0) is 39.3 Å². The predicted octanol–water partition coefficient (Wildman–Crippen LogP) is 1.94. The molecule has 3 nitrogen and oxygen atoms in total. The lowest BCUT2D eigenvalue weighted by molar-refractivity contribution is 0.317. The summed E-state index contributed by atoms with van der Waals surface area (Å²) in [5.41, 5.74) is 0. The number of likely N-dealkylation sites (tertiary alicyclic amines) is 1. The molecule has 2 fully saturated rings. The Morgan fingerprint density at radius 3 is 3.06 bits per heavy atom. The van der Waals surface area contributed by atoms with E-state index in [1.54, 1.807) is 0 Å². The van der Waals surface area contributed by atoms with Gasteiger partial charge in [0.25, 0.3) is 0 Å². The molecule has 1 N–H and O–H groups in total. The number of aliphatic imine (C=N–C) groups is 1. The van der Waals surface area contributed by atoms with E-state index in [0.29, 0.717) is 12.1 Å². The van der Waals surface area contributed by atoms with Crippen LogP contribution in [0.3, 0.4) is 0 Å². The molecule has 92 valence electrons. The molecule has 0 aromatic heterocycles. The van der Waals surface area contributed by atoms with Crippen LogP contribution in [0.1, 0.15) is 32.6 Å². The topological polar surface area (TPSA) is 27.6 Å². The van der Waals surface area contributed by atoms with Crippen LogP contribution in [0.15, 0.2) is 4.99 Å². The van der Waals surface area contributed by atoms with Gasteiger partial charge in [0, 0.05) is 17.8 Å². The molecule has 0 bridgehead atoms. The molecule has 2 saturated heterocycles. The maximum atomic E-state index is 4.74. The molecule has 0 aliphatic carbocycles. The van der Waals surface area contributed by atoms with Gasteiger partial charge in [0.1, 0.15) is 0 Å². The summed E-state index contributed by atoms with van der Waals surface area (Å²) >= 11 is 1.89. The molecule has 16 heavy (non-hydrogen) atoms.